The second-order valence-electron chi connectivity index (χ2n) is 3.78. The van der Waals surface area contributed by atoms with Crippen LogP contribution in [0.3, 0.4) is 0 Å². The summed E-state index contributed by atoms with van der Waals surface area (Å²) in [6, 6.07) is 0.0972. The maximum atomic E-state index is 9.89. The van der Waals surface area contributed by atoms with Crippen molar-refractivity contribution in [1.82, 2.24) is 0 Å². The molecular weight excluding hydrogens is 143 g/mol. The van der Waals surface area contributed by atoms with Crippen molar-refractivity contribution in [1.29, 1.82) is 0 Å². The molecule has 0 aromatic rings. The lowest BCUT2D eigenvalue weighted by atomic mass is 9.88. The Bertz CT molecular complexity index is 175. The van der Waals surface area contributed by atoms with E-state index in [-0.39, 0.29) is 12.1 Å². The molecule has 3 nitrogen and oxygen atoms in total. The summed E-state index contributed by atoms with van der Waals surface area (Å²) in [6.45, 7) is 0. The Morgan fingerprint density at radius 3 is 2.91 bits per heavy atom. The van der Waals surface area contributed by atoms with Crippen LogP contribution in [0.2, 0.25) is 0 Å². The first kappa shape index (κ1) is 7.59. The Hall–Kier alpha value is -0.0551. The zero-order valence-corrected chi connectivity index (χ0v) is 6.66. The molecule has 62 valence electrons. The highest BCUT2D eigenvalue weighted by molar-refractivity contribution is 6.11. The summed E-state index contributed by atoms with van der Waals surface area (Å²) >= 11 is 0. The van der Waals surface area contributed by atoms with Crippen LogP contribution >= 0.6 is 0 Å². The molecule has 2 N–H and O–H groups in total. The van der Waals surface area contributed by atoms with E-state index in [0.29, 0.717) is 19.3 Å². The second kappa shape index (κ2) is 2.22. The molecule has 0 bridgehead atoms. The largest absolute Gasteiger partial charge is 0.390 e. The van der Waals surface area contributed by atoms with Crippen molar-refractivity contribution >= 4 is 7.85 Å². The fourth-order valence-corrected chi connectivity index (χ4v) is 2.28. The van der Waals surface area contributed by atoms with Crippen molar-refractivity contribution in [3.8, 4) is 0 Å². The minimum Gasteiger partial charge on any atom is -0.390 e. The third kappa shape index (κ3) is 1.01. The van der Waals surface area contributed by atoms with E-state index in [1.165, 1.54) is 0 Å². The summed E-state index contributed by atoms with van der Waals surface area (Å²) in [5.74, 6) is 0. The summed E-state index contributed by atoms with van der Waals surface area (Å²) in [6.07, 6.45) is 1.26. The highest BCUT2D eigenvalue weighted by atomic mass is 16.5. The Kier molecular flexibility index (Phi) is 1.53. The van der Waals surface area contributed by atoms with Gasteiger partial charge in [0.1, 0.15) is 14.0 Å². The normalized spacial score (nSPS) is 56.4. The van der Waals surface area contributed by atoms with E-state index in [1.54, 1.807) is 0 Å². The number of rotatable bonds is 0. The molecule has 0 amide bonds. The predicted molar refractivity (Wildman–Crippen MR) is 42.0 cm³/mol. The third-order valence-corrected chi connectivity index (χ3v) is 2.77. The molecule has 1 unspecified atom stereocenters. The third-order valence-electron chi connectivity index (χ3n) is 2.77. The monoisotopic (exact) mass is 156 g/mol. The van der Waals surface area contributed by atoms with Crippen LogP contribution in [-0.4, -0.2) is 41.9 Å². The van der Waals surface area contributed by atoms with Crippen LogP contribution in [0.15, 0.2) is 0 Å². The fourth-order valence-electron chi connectivity index (χ4n) is 2.28. The Balaban J connectivity index is 2.18. The summed E-state index contributed by atoms with van der Waals surface area (Å²) in [4.78, 5) is 0. The maximum Gasteiger partial charge on any atom is 0.139 e. The zero-order valence-electron chi connectivity index (χ0n) is 6.66. The molecule has 0 spiro atoms. The summed E-state index contributed by atoms with van der Waals surface area (Å²) in [5, 5.41) is 19.3. The van der Waals surface area contributed by atoms with E-state index in [1.807, 2.05) is 7.85 Å². The molecule has 1 saturated heterocycles. The van der Waals surface area contributed by atoms with Crippen molar-refractivity contribution in [3.63, 3.8) is 0 Å². The molecule has 0 aromatic heterocycles. The maximum absolute atomic E-state index is 9.89. The van der Waals surface area contributed by atoms with Gasteiger partial charge in [0, 0.05) is 6.00 Å². The van der Waals surface area contributed by atoms with Crippen molar-refractivity contribution < 1.29 is 14.9 Å². The Morgan fingerprint density at radius 1 is 1.55 bits per heavy atom. The Labute approximate surface area is 66.8 Å². The minimum absolute atomic E-state index is 0.0972. The van der Waals surface area contributed by atoms with Gasteiger partial charge in [-0.3, -0.25) is 0 Å². The van der Waals surface area contributed by atoms with Gasteiger partial charge in [-0.25, -0.2) is 0 Å². The molecule has 4 heteroatoms. The predicted octanol–water partition coefficient (Wildman–Crippen LogP) is -1.38. The van der Waals surface area contributed by atoms with E-state index < -0.39 is 11.7 Å². The van der Waals surface area contributed by atoms with Crippen molar-refractivity contribution in [2.75, 3.05) is 0 Å². The SMILES string of the molecule is B[C@H]1CC2(O)CC[C@@H](O)[C@H]2O1. The van der Waals surface area contributed by atoms with E-state index in [9.17, 15) is 10.2 Å². The van der Waals surface area contributed by atoms with Crippen molar-refractivity contribution in [2.24, 2.45) is 0 Å². The van der Waals surface area contributed by atoms with Gasteiger partial charge in [-0.15, -0.1) is 0 Å². The molecular formula is C7H13BO3. The summed E-state index contributed by atoms with van der Waals surface area (Å²) < 4.78 is 5.40. The lowest BCUT2D eigenvalue weighted by molar-refractivity contribution is -0.0615. The smallest absolute Gasteiger partial charge is 0.139 e. The van der Waals surface area contributed by atoms with E-state index in [4.69, 9.17) is 4.74 Å². The van der Waals surface area contributed by atoms with Gasteiger partial charge in [0.2, 0.25) is 0 Å². The van der Waals surface area contributed by atoms with E-state index in [2.05, 4.69) is 0 Å². The molecule has 4 atom stereocenters. The molecule has 0 aromatic carbocycles. The molecule has 2 rings (SSSR count). The van der Waals surface area contributed by atoms with Gasteiger partial charge in [0.05, 0.1) is 11.7 Å². The molecule has 11 heavy (non-hydrogen) atoms. The van der Waals surface area contributed by atoms with Gasteiger partial charge in [-0.1, -0.05) is 0 Å². The summed E-state index contributed by atoms with van der Waals surface area (Å²) in [5.41, 5.74) is -0.723. The van der Waals surface area contributed by atoms with Gasteiger partial charge in [0.25, 0.3) is 0 Å². The van der Waals surface area contributed by atoms with Crippen LogP contribution in [0.4, 0.5) is 0 Å². The van der Waals surface area contributed by atoms with Gasteiger partial charge in [-0.2, -0.15) is 0 Å². The highest BCUT2D eigenvalue weighted by Crippen LogP contribution is 2.41. The molecule has 1 heterocycles. The minimum atomic E-state index is -0.723. The van der Waals surface area contributed by atoms with Crippen LogP contribution < -0.4 is 0 Å². The molecule has 1 aliphatic carbocycles. The second-order valence-corrected chi connectivity index (χ2v) is 3.78. The standard InChI is InChI=1S/C7H13BO3/c8-5-3-7(10)2-1-4(9)6(7)11-5/h4-6,9-10H,1-3,8H2/t4-,5-,6-,7?/m1/s1. The van der Waals surface area contributed by atoms with Crippen molar-refractivity contribution in [2.45, 2.75) is 43.1 Å². The van der Waals surface area contributed by atoms with E-state index >= 15 is 0 Å². The van der Waals surface area contributed by atoms with Crippen LogP contribution in [0, 0.1) is 0 Å². The number of aliphatic hydroxyl groups excluding tert-OH is 1. The summed E-state index contributed by atoms with van der Waals surface area (Å²) in [7, 11) is 1.93. The molecule has 2 fully saturated rings. The number of fused-ring (bicyclic) bond motifs is 1. The zero-order chi connectivity index (χ0) is 8.06. The first-order valence-electron chi connectivity index (χ1n) is 4.18. The average molecular weight is 156 g/mol. The molecule has 1 saturated carbocycles. The first-order valence-corrected chi connectivity index (χ1v) is 4.18. The molecule has 2 aliphatic rings. The first-order chi connectivity index (χ1) is 5.12. The van der Waals surface area contributed by atoms with Gasteiger partial charge in [0.15, 0.2) is 0 Å². The highest BCUT2D eigenvalue weighted by Gasteiger charge is 2.53. The van der Waals surface area contributed by atoms with E-state index in [0.717, 1.165) is 0 Å². The molecule has 1 aliphatic heterocycles. The van der Waals surface area contributed by atoms with Crippen LogP contribution in [-0.2, 0) is 4.74 Å². The lowest BCUT2D eigenvalue weighted by Gasteiger charge is -2.20. The topological polar surface area (TPSA) is 49.7 Å². The van der Waals surface area contributed by atoms with Crippen LogP contribution in [0.25, 0.3) is 0 Å². The van der Waals surface area contributed by atoms with Crippen LogP contribution in [0.5, 0.6) is 0 Å². The quantitative estimate of drug-likeness (QED) is 0.425. The van der Waals surface area contributed by atoms with Crippen molar-refractivity contribution in [3.05, 3.63) is 0 Å². The molecule has 0 radical (unpaired) electrons. The number of hydrogen-bond donors (Lipinski definition) is 2. The lowest BCUT2D eigenvalue weighted by Crippen LogP contribution is -2.37. The number of aliphatic hydroxyl groups is 2. The number of hydrogen-bond acceptors (Lipinski definition) is 3. The van der Waals surface area contributed by atoms with Gasteiger partial charge < -0.3 is 14.9 Å². The van der Waals surface area contributed by atoms with Gasteiger partial charge >= 0.3 is 0 Å². The van der Waals surface area contributed by atoms with Gasteiger partial charge in [-0.05, 0) is 19.3 Å². The Morgan fingerprint density at radius 2 is 2.27 bits per heavy atom. The van der Waals surface area contributed by atoms with Crippen LogP contribution in [0.1, 0.15) is 19.3 Å². The number of ether oxygens (including phenoxy) is 1. The fraction of sp³-hybridized carbons (Fsp3) is 1.00. The average Bonchev–Trinajstić information content (AvgIpc) is 2.32.